The van der Waals surface area contributed by atoms with Crippen molar-refractivity contribution in [2.45, 2.75) is 25.3 Å². The fourth-order valence-corrected chi connectivity index (χ4v) is 3.42. The van der Waals surface area contributed by atoms with Crippen LogP contribution >= 0.6 is 0 Å². The lowest BCUT2D eigenvalue weighted by molar-refractivity contribution is -0.131. The van der Waals surface area contributed by atoms with Crippen molar-refractivity contribution in [3.63, 3.8) is 0 Å². The topological polar surface area (TPSA) is 38.8 Å². The molecule has 4 rings (SSSR count). The van der Waals surface area contributed by atoms with Crippen LogP contribution < -0.4 is 9.47 Å². The number of fused-ring (bicyclic) bond motifs is 1. The van der Waals surface area contributed by atoms with Crippen LogP contribution in [-0.4, -0.2) is 24.1 Å². The van der Waals surface area contributed by atoms with Crippen LogP contribution in [0.25, 0.3) is 0 Å². The van der Waals surface area contributed by atoms with Gasteiger partial charge < -0.3 is 14.4 Å². The number of benzene rings is 2. The van der Waals surface area contributed by atoms with Crippen LogP contribution in [0.5, 0.6) is 11.5 Å². The Hall–Kier alpha value is -2.56. The summed E-state index contributed by atoms with van der Waals surface area (Å²) < 4.78 is 23.8. The zero-order valence-corrected chi connectivity index (χ0v) is 13.2. The summed E-state index contributed by atoms with van der Waals surface area (Å²) in [7, 11) is 0. The summed E-state index contributed by atoms with van der Waals surface area (Å²) in [5.41, 5.74) is 1.90. The number of ether oxygens (including phenoxy) is 2. The van der Waals surface area contributed by atoms with E-state index in [1.165, 1.54) is 12.1 Å². The summed E-state index contributed by atoms with van der Waals surface area (Å²) in [6.45, 7) is 0.969. The fourth-order valence-electron chi connectivity index (χ4n) is 3.42. The molecule has 1 fully saturated rings. The molecule has 0 N–H and O–H groups in total. The van der Waals surface area contributed by atoms with Gasteiger partial charge in [0.05, 0.1) is 12.5 Å². The Morgan fingerprint density at radius 2 is 1.92 bits per heavy atom. The molecule has 1 saturated heterocycles. The Kier molecular flexibility index (Phi) is 3.84. The summed E-state index contributed by atoms with van der Waals surface area (Å²) in [6.07, 6.45) is 2.21. The minimum atomic E-state index is -0.255. The van der Waals surface area contributed by atoms with Crippen molar-refractivity contribution in [2.75, 3.05) is 13.3 Å². The Bertz CT molecular complexity index is 760. The molecule has 0 spiro atoms. The third-order valence-corrected chi connectivity index (χ3v) is 4.62. The van der Waals surface area contributed by atoms with Crippen LogP contribution in [0.15, 0.2) is 42.5 Å². The first-order valence-corrected chi connectivity index (χ1v) is 8.14. The van der Waals surface area contributed by atoms with Gasteiger partial charge in [-0.05, 0) is 48.2 Å². The largest absolute Gasteiger partial charge is 0.454 e. The van der Waals surface area contributed by atoms with Crippen LogP contribution in [-0.2, 0) is 11.2 Å². The molecular weight excluding hydrogens is 309 g/mol. The van der Waals surface area contributed by atoms with Gasteiger partial charge in [0.25, 0.3) is 0 Å². The van der Waals surface area contributed by atoms with Crippen LogP contribution in [0.3, 0.4) is 0 Å². The quantitative estimate of drug-likeness (QED) is 0.866. The molecule has 0 saturated carbocycles. The Morgan fingerprint density at radius 3 is 2.75 bits per heavy atom. The molecule has 1 amide bonds. The second-order valence-corrected chi connectivity index (χ2v) is 6.16. The second kappa shape index (κ2) is 6.15. The summed E-state index contributed by atoms with van der Waals surface area (Å²) in [5.74, 6) is 1.24. The summed E-state index contributed by atoms with van der Waals surface area (Å²) in [4.78, 5) is 14.6. The summed E-state index contributed by atoms with van der Waals surface area (Å²) in [6, 6.07) is 12.1. The lowest BCUT2D eigenvalue weighted by atomic mass is 10.0. The van der Waals surface area contributed by atoms with Crippen LogP contribution in [0.1, 0.15) is 30.0 Å². The molecule has 0 aliphatic carbocycles. The standard InChI is InChI=1S/C19H18FNO3/c20-15-6-4-14(5-7-15)16-2-1-9-21(16)19(22)11-13-3-8-17-18(10-13)24-12-23-17/h3-8,10,16H,1-2,9,11-12H2/t16-/m0/s1. The van der Waals surface area contributed by atoms with Crippen molar-refractivity contribution >= 4 is 5.91 Å². The van der Waals surface area contributed by atoms with Gasteiger partial charge in [0, 0.05) is 6.54 Å². The van der Waals surface area contributed by atoms with E-state index >= 15 is 0 Å². The molecule has 24 heavy (non-hydrogen) atoms. The smallest absolute Gasteiger partial charge is 0.231 e. The summed E-state index contributed by atoms with van der Waals surface area (Å²) >= 11 is 0. The highest BCUT2D eigenvalue weighted by Gasteiger charge is 2.30. The third-order valence-electron chi connectivity index (χ3n) is 4.62. The van der Waals surface area contributed by atoms with E-state index in [4.69, 9.17) is 9.47 Å². The average Bonchev–Trinajstić information content (AvgIpc) is 3.24. The first-order valence-electron chi connectivity index (χ1n) is 8.14. The van der Waals surface area contributed by atoms with Crippen molar-refractivity contribution < 1.29 is 18.7 Å². The number of carbonyl (C=O) groups is 1. The molecule has 0 unspecified atom stereocenters. The number of likely N-dealkylation sites (tertiary alicyclic amines) is 1. The minimum absolute atomic E-state index is 0.0344. The Morgan fingerprint density at radius 1 is 1.12 bits per heavy atom. The maximum atomic E-state index is 13.1. The van der Waals surface area contributed by atoms with Gasteiger partial charge in [0.2, 0.25) is 12.7 Å². The van der Waals surface area contributed by atoms with E-state index in [2.05, 4.69) is 0 Å². The predicted octanol–water partition coefficient (Wildman–Crippen LogP) is 3.46. The van der Waals surface area contributed by atoms with E-state index in [1.807, 2.05) is 23.1 Å². The molecule has 0 radical (unpaired) electrons. The molecule has 2 aromatic rings. The highest BCUT2D eigenvalue weighted by molar-refractivity contribution is 5.79. The van der Waals surface area contributed by atoms with Gasteiger partial charge >= 0.3 is 0 Å². The van der Waals surface area contributed by atoms with E-state index in [1.54, 1.807) is 12.1 Å². The van der Waals surface area contributed by atoms with Crippen molar-refractivity contribution in [1.29, 1.82) is 0 Å². The Labute approximate surface area is 139 Å². The highest BCUT2D eigenvalue weighted by Crippen LogP contribution is 2.35. The van der Waals surface area contributed by atoms with Gasteiger partial charge in [-0.15, -0.1) is 0 Å². The molecule has 4 nitrogen and oxygen atoms in total. The Balaban J connectivity index is 1.50. The van der Waals surface area contributed by atoms with Gasteiger partial charge in [0.15, 0.2) is 11.5 Å². The number of rotatable bonds is 3. The molecule has 1 atom stereocenters. The minimum Gasteiger partial charge on any atom is -0.454 e. The van der Waals surface area contributed by atoms with Crippen molar-refractivity contribution in [2.24, 2.45) is 0 Å². The molecule has 124 valence electrons. The van der Waals surface area contributed by atoms with E-state index in [9.17, 15) is 9.18 Å². The number of carbonyl (C=O) groups excluding carboxylic acids is 1. The zero-order valence-electron chi connectivity index (χ0n) is 13.2. The van der Waals surface area contributed by atoms with Crippen molar-refractivity contribution in [3.05, 3.63) is 59.4 Å². The monoisotopic (exact) mass is 327 g/mol. The SMILES string of the molecule is O=C(Cc1ccc2c(c1)OCO2)N1CCC[C@H]1c1ccc(F)cc1. The number of amides is 1. The number of halogens is 1. The molecule has 0 aromatic heterocycles. The number of hydrogen-bond acceptors (Lipinski definition) is 3. The van der Waals surface area contributed by atoms with Gasteiger partial charge in [-0.25, -0.2) is 4.39 Å². The van der Waals surface area contributed by atoms with Crippen molar-refractivity contribution in [1.82, 2.24) is 4.90 Å². The molecule has 5 heteroatoms. The van der Waals surface area contributed by atoms with Crippen molar-refractivity contribution in [3.8, 4) is 11.5 Å². The number of nitrogens with zero attached hydrogens (tertiary/aromatic N) is 1. The van der Waals surface area contributed by atoms with Gasteiger partial charge in [-0.2, -0.15) is 0 Å². The lowest BCUT2D eigenvalue weighted by Gasteiger charge is -2.25. The van der Waals surface area contributed by atoms with Crippen LogP contribution in [0.4, 0.5) is 4.39 Å². The van der Waals surface area contributed by atoms with E-state index < -0.39 is 0 Å². The maximum absolute atomic E-state index is 13.1. The van der Waals surface area contributed by atoms with Gasteiger partial charge in [-0.1, -0.05) is 18.2 Å². The zero-order chi connectivity index (χ0) is 16.5. The van der Waals surface area contributed by atoms with Gasteiger partial charge in [0.1, 0.15) is 5.82 Å². The van der Waals surface area contributed by atoms with Crippen LogP contribution in [0, 0.1) is 5.82 Å². The van der Waals surface area contributed by atoms with E-state index in [0.717, 1.165) is 36.3 Å². The maximum Gasteiger partial charge on any atom is 0.231 e. The predicted molar refractivity (Wildman–Crippen MR) is 86.4 cm³/mol. The molecule has 2 aliphatic heterocycles. The first-order chi connectivity index (χ1) is 11.7. The molecule has 2 aliphatic rings. The third kappa shape index (κ3) is 2.82. The molecule has 0 bridgehead atoms. The first kappa shape index (κ1) is 15.0. The summed E-state index contributed by atoms with van der Waals surface area (Å²) in [5, 5.41) is 0. The van der Waals surface area contributed by atoms with Crippen LogP contribution in [0.2, 0.25) is 0 Å². The number of hydrogen-bond donors (Lipinski definition) is 0. The van der Waals surface area contributed by atoms with Gasteiger partial charge in [-0.3, -0.25) is 4.79 Å². The van der Waals surface area contributed by atoms with E-state index in [0.29, 0.717) is 12.2 Å². The normalized spacial score (nSPS) is 18.9. The fraction of sp³-hybridized carbons (Fsp3) is 0.316. The molecule has 2 heterocycles. The van der Waals surface area contributed by atoms with E-state index in [-0.39, 0.29) is 24.6 Å². The molecular formula is C19H18FNO3. The second-order valence-electron chi connectivity index (χ2n) is 6.16. The highest BCUT2D eigenvalue weighted by atomic mass is 19.1. The average molecular weight is 327 g/mol. The molecule has 2 aromatic carbocycles. The lowest BCUT2D eigenvalue weighted by Crippen LogP contribution is -2.31.